The van der Waals surface area contributed by atoms with Gasteiger partial charge in [-0.25, -0.2) is 4.98 Å². The SMILES string of the molecule is Cc1nnc(SC/C(O)=C(\C#N)c2nc3ccccc3s2)n1Cc1ccccc1. The van der Waals surface area contributed by atoms with Gasteiger partial charge >= 0.3 is 0 Å². The molecule has 0 atom stereocenters. The molecule has 4 aromatic rings. The Morgan fingerprint density at radius 1 is 1.14 bits per heavy atom. The molecule has 2 aromatic carbocycles. The van der Waals surface area contributed by atoms with Crippen LogP contribution in [0.15, 0.2) is 65.5 Å². The van der Waals surface area contributed by atoms with Crippen LogP contribution in [-0.4, -0.2) is 30.6 Å². The van der Waals surface area contributed by atoms with E-state index in [1.165, 1.54) is 23.1 Å². The molecule has 2 aromatic heterocycles. The molecule has 4 rings (SSSR count). The second kappa shape index (κ2) is 8.47. The van der Waals surface area contributed by atoms with Crippen molar-refractivity contribution in [2.45, 2.75) is 18.6 Å². The number of aliphatic hydroxyl groups is 1. The molecule has 0 aliphatic carbocycles. The van der Waals surface area contributed by atoms with Crippen molar-refractivity contribution in [1.29, 1.82) is 5.26 Å². The molecule has 0 saturated heterocycles. The van der Waals surface area contributed by atoms with Crippen molar-refractivity contribution < 1.29 is 5.11 Å². The van der Waals surface area contributed by atoms with Crippen molar-refractivity contribution in [3.8, 4) is 6.07 Å². The number of aryl methyl sites for hydroxylation is 1. The summed E-state index contributed by atoms with van der Waals surface area (Å²) in [7, 11) is 0. The molecule has 0 radical (unpaired) electrons. The molecular weight excluding hydrogens is 402 g/mol. The molecular formula is C21H17N5OS2. The number of allylic oxidation sites excluding steroid dienone is 1. The number of nitrogens with zero attached hydrogens (tertiary/aromatic N) is 5. The first-order chi connectivity index (χ1) is 14.2. The maximum atomic E-state index is 10.6. The topological polar surface area (TPSA) is 87.6 Å². The van der Waals surface area contributed by atoms with Gasteiger partial charge in [0.15, 0.2) is 5.16 Å². The van der Waals surface area contributed by atoms with Crippen LogP contribution in [0, 0.1) is 18.3 Å². The fraction of sp³-hybridized carbons (Fsp3) is 0.143. The van der Waals surface area contributed by atoms with E-state index in [1.807, 2.05) is 66.1 Å². The van der Waals surface area contributed by atoms with E-state index in [2.05, 4.69) is 21.3 Å². The molecule has 6 nitrogen and oxygen atoms in total. The Morgan fingerprint density at radius 2 is 1.90 bits per heavy atom. The minimum Gasteiger partial charge on any atom is -0.510 e. The number of nitriles is 1. The van der Waals surface area contributed by atoms with Gasteiger partial charge in [-0.1, -0.05) is 54.2 Å². The highest BCUT2D eigenvalue weighted by molar-refractivity contribution is 7.99. The monoisotopic (exact) mass is 419 g/mol. The Hall–Kier alpha value is -3.15. The molecule has 0 unspecified atom stereocenters. The number of para-hydroxylation sites is 1. The van der Waals surface area contributed by atoms with Crippen LogP contribution in [0.2, 0.25) is 0 Å². The van der Waals surface area contributed by atoms with Gasteiger partial charge in [-0.15, -0.1) is 21.5 Å². The molecule has 0 aliphatic rings. The number of rotatable bonds is 6. The quantitative estimate of drug-likeness (QED) is 0.274. The second-order valence-corrected chi connectivity index (χ2v) is 8.28. The Morgan fingerprint density at radius 3 is 2.66 bits per heavy atom. The lowest BCUT2D eigenvalue weighted by Crippen LogP contribution is -2.04. The van der Waals surface area contributed by atoms with Crippen LogP contribution in [0.1, 0.15) is 16.4 Å². The number of aliphatic hydroxyl groups excluding tert-OH is 1. The van der Waals surface area contributed by atoms with Crippen LogP contribution >= 0.6 is 23.1 Å². The van der Waals surface area contributed by atoms with Crippen LogP contribution in [0.25, 0.3) is 15.8 Å². The van der Waals surface area contributed by atoms with Gasteiger partial charge in [-0.2, -0.15) is 5.26 Å². The van der Waals surface area contributed by atoms with Gasteiger partial charge in [0.05, 0.1) is 22.5 Å². The summed E-state index contributed by atoms with van der Waals surface area (Å²) in [5, 5.41) is 29.8. The number of thioether (sulfide) groups is 1. The first-order valence-electron chi connectivity index (χ1n) is 8.90. The number of aromatic nitrogens is 4. The number of hydrogen-bond acceptors (Lipinski definition) is 7. The fourth-order valence-electron chi connectivity index (χ4n) is 2.84. The Labute approximate surface area is 176 Å². The Balaban J connectivity index is 1.55. The van der Waals surface area contributed by atoms with Crippen molar-refractivity contribution in [2.24, 2.45) is 0 Å². The smallest absolute Gasteiger partial charge is 0.191 e. The molecule has 8 heteroatoms. The minimum atomic E-state index is -0.0107. The highest BCUT2D eigenvalue weighted by Gasteiger charge is 2.16. The van der Waals surface area contributed by atoms with Gasteiger partial charge in [0.1, 0.15) is 28.2 Å². The standard InChI is InChI=1S/C21H17N5OS2/c1-14-24-25-21(26(14)12-15-7-3-2-4-8-15)28-13-18(27)16(11-22)20-23-17-9-5-6-10-19(17)29-20/h2-10,27H,12-13H2,1H3/b18-16-. The molecule has 2 heterocycles. The van der Waals surface area contributed by atoms with Gasteiger partial charge < -0.3 is 9.67 Å². The lowest BCUT2D eigenvalue weighted by molar-refractivity contribution is 0.420. The highest BCUT2D eigenvalue weighted by Crippen LogP contribution is 2.30. The maximum Gasteiger partial charge on any atom is 0.191 e. The van der Waals surface area contributed by atoms with Crippen molar-refractivity contribution in [3.05, 3.63) is 76.8 Å². The summed E-state index contributed by atoms with van der Waals surface area (Å²) in [6.45, 7) is 2.55. The second-order valence-electron chi connectivity index (χ2n) is 6.31. The normalized spacial score (nSPS) is 12.0. The third kappa shape index (κ3) is 4.16. The molecule has 0 fully saturated rings. The summed E-state index contributed by atoms with van der Waals surface area (Å²) < 4.78 is 2.98. The number of thiazole rings is 1. The largest absolute Gasteiger partial charge is 0.510 e. The average Bonchev–Trinajstić information content (AvgIpc) is 3.31. The third-order valence-electron chi connectivity index (χ3n) is 4.33. The number of benzene rings is 2. The van der Waals surface area contributed by atoms with Crippen LogP contribution in [-0.2, 0) is 6.54 Å². The number of fused-ring (bicyclic) bond motifs is 1. The molecule has 144 valence electrons. The molecule has 29 heavy (non-hydrogen) atoms. The van der Waals surface area contributed by atoms with Crippen molar-refractivity contribution in [2.75, 3.05) is 5.75 Å². The van der Waals surface area contributed by atoms with E-state index >= 15 is 0 Å². The summed E-state index contributed by atoms with van der Waals surface area (Å²) >= 11 is 2.74. The Kier molecular flexibility index (Phi) is 5.60. The summed E-state index contributed by atoms with van der Waals surface area (Å²) in [5.74, 6) is 1.00. The first kappa shape index (κ1) is 19.2. The van der Waals surface area contributed by atoms with Crippen LogP contribution in [0.3, 0.4) is 0 Å². The number of hydrogen-bond donors (Lipinski definition) is 1. The lowest BCUT2D eigenvalue weighted by atomic mass is 10.2. The van der Waals surface area contributed by atoms with E-state index in [1.54, 1.807) is 0 Å². The fourth-order valence-corrected chi connectivity index (χ4v) is 4.68. The third-order valence-corrected chi connectivity index (χ3v) is 6.36. The van der Waals surface area contributed by atoms with Gasteiger partial charge in [-0.3, -0.25) is 0 Å². The van der Waals surface area contributed by atoms with Crippen LogP contribution < -0.4 is 0 Å². The van der Waals surface area contributed by atoms with Gasteiger partial charge in [0.2, 0.25) is 0 Å². The van der Waals surface area contributed by atoms with Crippen molar-refractivity contribution in [1.82, 2.24) is 19.7 Å². The molecule has 0 aliphatic heterocycles. The van der Waals surface area contributed by atoms with E-state index in [0.29, 0.717) is 16.7 Å². The summed E-state index contributed by atoms with van der Waals surface area (Å²) in [5.41, 5.74) is 2.16. The highest BCUT2D eigenvalue weighted by atomic mass is 32.2. The zero-order chi connectivity index (χ0) is 20.2. The van der Waals surface area contributed by atoms with Crippen molar-refractivity contribution >= 4 is 38.9 Å². The van der Waals surface area contributed by atoms with E-state index in [0.717, 1.165) is 21.6 Å². The predicted octanol–water partition coefficient (Wildman–Crippen LogP) is 4.83. The van der Waals surface area contributed by atoms with Gasteiger partial charge in [0, 0.05) is 0 Å². The van der Waals surface area contributed by atoms with Crippen molar-refractivity contribution in [3.63, 3.8) is 0 Å². The Bertz CT molecular complexity index is 1190. The van der Waals surface area contributed by atoms with Crippen LogP contribution in [0.5, 0.6) is 0 Å². The lowest BCUT2D eigenvalue weighted by Gasteiger charge is -2.08. The van der Waals surface area contributed by atoms with Crippen LogP contribution in [0.4, 0.5) is 0 Å². The molecule has 1 N–H and O–H groups in total. The zero-order valence-electron chi connectivity index (χ0n) is 15.6. The van der Waals surface area contributed by atoms with E-state index < -0.39 is 0 Å². The maximum absolute atomic E-state index is 10.6. The van der Waals surface area contributed by atoms with Gasteiger partial charge in [-0.05, 0) is 24.6 Å². The molecule has 0 saturated carbocycles. The molecule has 0 amide bonds. The van der Waals surface area contributed by atoms with E-state index in [9.17, 15) is 10.4 Å². The predicted molar refractivity (Wildman–Crippen MR) is 116 cm³/mol. The average molecular weight is 420 g/mol. The summed E-state index contributed by atoms with van der Waals surface area (Å²) in [4.78, 5) is 4.47. The molecule has 0 bridgehead atoms. The summed E-state index contributed by atoms with van der Waals surface area (Å²) in [6, 6.07) is 19.8. The zero-order valence-corrected chi connectivity index (χ0v) is 17.2. The molecule has 0 spiro atoms. The van der Waals surface area contributed by atoms with E-state index in [4.69, 9.17) is 0 Å². The first-order valence-corrected chi connectivity index (χ1v) is 10.7. The van der Waals surface area contributed by atoms with E-state index in [-0.39, 0.29) is 17.1 Å². The minimum absolute atomic E-state index is 0.0107. The van der Waals surface area contributed by atoms with Gasteiger partial charge in [0.25, 0.3) is 0 Å². The summed E-state index contributed by atoms with van der Waals surface area (Å²) in [6.07, 6.45) is 0.